The molecule has 2 nitrogen and oxygen atoms in total. The molecule has 0 aromatic heterocycles. The highest BCUT2D eigenvalue weighted by Gasteiger charge is 2.61. The number of fused-ring (bicyclic) bond motifs is 5. The van der Waals surface area contributed by atoms with Gasteiger partial charge in [-0.25, -0.2) is 0 Å². The standard InChI is InChI=1S/C33H64O2Si2/c1-10-36(11-2,12-3)34-25(7)29-18-19-30-28-17-16-26-24-27(35-37(13-4,14-5)15-6)20-22-32(26,8)31(28)21-23-33(29,30)9/h25-31H,10-24H2,1-9H3/t25-,26+,27+,28+,29-,30+,31+,32+,33-/m1/s1. The van der Waals surface area contributed by atoms with Gasteiger partial charge in [-0.2, -0.15) is 0 Å². The fourth-order valence-corrected chi connectivity index (χ4v) is 16.8. The van der Waals surface area contributed by atoms with E-state index in [0.717, 1.165) is 29.6 Å². The highest BCUT2D eigenvalue weighted by Crippen LogP contribution is 2.68. The minimum absolute atomic E-state index is 0.456. The largest absolute Gasteiger partial charge is 0.414 e. The van der Waals surface area contributed by atoms with Gasteiger partial charge in [-0.05, 0) is 141 Å². The second-order valence-corrected chi connectivity index (χ2v) is 24.2. The van der Waals surface area contributed by atoms with Crippen molar-refractivity contribution in [2.75, 3.05) is 0 Å². The molecular weight excluding hydrogens is 485 g/mol. The molecule has 216 valence electrons. The van der Waals surface area contributed by atoms with Gasteiger partial charge in [0.15, 0.2) is 16.6 Å². The first-order chi connectivity index (χ1) is 17.6. The van der Waals surface area contributed by atoms with Crippen LogP contribution in [0.1, 0.15) is 120 Å². The molecule has 0 bridgehead atoms. The third-order valence-electron chi connectivity index (χ3n) is 14.0. The topological polar surface area (TPSA) is 18.5 Å². The molecule has 0 spiro atoms. The Morgan fingerprint density at radius 2 is 1.24 bits per heavy atom. The van der Waals surface area contributed by atoms with Gasteiger partial charge in [0.25, 0.3) is 0 Å². The van der Waals surface area contributed by atoms with Crippen LogP contribution in [0, 0.1) is 40.4 Å². The van der Waals surface area contributed by atoms with Crippen LogP contribution in [0.5, 0.6) is 0 Å². The first-order valence-corrected chi connectivity index (χ1v) is 22.0. The summed E-state index contributed by atoms with van der Waals surface area (Å²) in [6.45, 7) is 22.3. The van der Waals surface area contributed by atoms with E-state index in [4.69, 9.17) is 8.85 Å². The lowest BCUT2D eigenvalue weighted by atomic mass is 9.44. The molecule has 4 saturated carbocycles. The lowest BCUT2D eigenvalue weighted by Gasteiger charge is -2.61. The highest BCUT2D eigenvalue weighted by molar-refractivity contribution is 6.74. The van der Waals surface area contributed by atoms with E-state index in [2.05, 4.69) is 62.3 Å². The summed E-state index contributed by atoms with van der Waals surface area (Å²) < 4.78 is 14.2. The van der Waals surface area contributed by atoms with Crippen molar-refractivity contribution in [2.24, 2.45) is 40.4 Å². The van der Waals surface area contributed by atoms with Gasteiger partial charge < -0.3 is 8.85 Å². The Balaban J connectivity index is 1.45. The fraction of sp³-hybridized carbons (Fsp3) is 1.00. The van der Waals surface area contributed by atoms with Crippen molar-refractivity contribution in [3.8, 4) is 0 Å². The lowest BCUT2D eigenvalue weighted by Crippen LogP contribution is -2.55. The zero-order chi connectivity index (χ0) is 27.1. The Bertz CT molecular complexity index is 732. The van der Waals surface area contributed by atoms with E-state index in [1.807, 2.05) is 0 Å². The maximum atomic E-state index is 7.13. The maximum absolute atomic E-state index is 7.13. The van der Waals surface area contributed by atoms with Gasteiger partial charge in [0.05, 0.1) is 0 Å². The van der Waals surface area contributed by atoms with Crippen molar-refractivity contribution in [1.82, 2.24) is 0 Å². The van der Waals surface area contributed by atoms with Gasteiger partial charge >= 0.3 is 0 Å². The van der Waals surface area contributed by atoms with Gasteiger partial charge in [-0.15, -0.1) is 0 Å². The molecular formula is C33H64O2Si2. The third-order valence-corrected chi connectivity index (χ3v) is 23.4. The number of rotatable bonds is 11. The SMILES string of the molecule is CC[Si](CC)(CC)O[C@H]1CC[C@@]2(C)[C@@H](CC[C@@H]3[C@@H]2CC[C@]2(C)[C@@H]([C@@H](C)O[Si](CC)(CC)CC)CC[C@@H]32)C1. The molecule has 0 unspecified atom stereocenters. The Morgan fingerprint density at radius 3 is 1.84 bits per heavy atom. The smallest absolute Gasteiger partial charge is 0.192 e. The molecule has 4 aliphatic carbocycles. The molecule has 0 heterocycles. The van der Waals surface area contributed by atoms with Crippen molar-refractivity contribution in [2.45, 2.75) is 169 Å². The van der Waals surface area contributed by atoms with Crippen LogP contribution in [0.3, 0.4) is 0 Å². The molecule has 9 atom stereocenters. The summed E-state index contributed by atoms with van der Waals surface area (Å²) in [5.41, 5.74) is 1.07. The zero-order valence-electron chi connectivity index (χ0n) is 26.5. The summed E-state index contributed by atoms with van der Waals surface area (Å²) in [4.78, 5) is 0. The Labute approximate surface area is 234 Å². The first-order valence-electron chi connectivity index (χ1n) is 16.9. The van der Waals surface area contributed by atoms with E-state index in [1.165, 1.54) is 94.1 Å². The van der Waals surface area contributed by atoms with Crippen LogP contribution in [-0.4, -0.2) is 28.8 Å². The monoisotopic (exact) mass is 548 g/mol. The van der Waals surface area contributed by atoms with Crippen LogP contribution in [0.4, 0.5) is 0 Å². The normalized spacial score (nSPS) is 41.1. The van der Waals surface area contributed by atoms with Gasteiger partial charge in [0, 0.05) is 12.2 Å². The molecule has 0 aromatic rings. The van der Waals surface area contributed by atoms with Crippen LogP contribution in [0.2, 0.25) is 36.3 Å². The molecule has 0 amide bonds. The van der Waals surface area contributed by atoms with E-state index < -0.39 is 16.6 Å². The second kappa shape index (κ2) is 11.7. The van der Waals surface area contributed by atoms with E-state index in [1.54, 1.807) is 0 Å². The Morgan fingerprint density at radius 1 is 0.676 bits per heavy atom. The zero-order valence-corrected chi connectivity index (χ0v) is 28.5. The van der Waals surface area contributed by atoms with Crippen molar-refractivity contribution in [1.29, 1.82) is 0 Å². The number of hydrogen-bond acceptors (Lipinski definition) is 2. The summed E-state index contributed by atoms with van der Waals surface area (Å²) in [5, 5.41) is 0. The third kappa shape index (κ3) is 5.26. The summed E-state index contributed by atoms with van der Waals surface area (Å²) in [5.74, 6) is 4.55. The molecule has 4 heteroatoms. The van der Waals surface area contributed by atoms with Crippen LogP contribution >= 0.6 is 0 Å². The van der Waals surface area contributed by atoms with Crippen LogP contribution in [-0.2, 0) is 8.85 Å². The highest BCUT2D eigenvalue weighted by atomic mass is 28.4. The predicted molar refractivity (Wildman–Crippen MR) is 165 cm³/mol. The van der Waals surface area contributed by atoms with Crippen molar-refractivity contribution < 1.29 is 8.85 Å². The first kappa shape index (κ1) is 30.3. The quantitative estimate of drug-likeness (QED) is 0.239. The van der Waals surface area contributed by atoms with E-state index in [9.17, 15) is 0 Å². The molecule has 0 aliphatic heterocycles. The van der Waals surface area contributed by atoms with E-state index in [-0.39, 0.29) is 0 Å². The van der Waals surface area contributed by atoms with Crippen molar-refractivity contribution in [3.05, 3.63) is 0 Å². The summed E-state index contributed by atoms with van der Waals surface area (Å²) in [6.07, 6.45) is 13.9. The molecule has 0 N–H and O–H groups in total. The molecule has 4 fully saturated rings. The predicted octanol–water partition coefficient (Wildman–Crippen LogP) is 10.4. The van der Waals surface area contributed by atoms with E-state index in [0.29, 0.717) is 23.0 Å². The van der Waals surface area contributed by atoms with Crippen LogP contribution < -0.4 is 0 Å². The molecule has 4 rings (SSSR count). The van der Waals surface area contributed by atoms with Crippen LogP contribution in [0.15, 0.2) is 0 Å². The van der Waals surface area contributed by atoms with Gasteiger partial charge in [-0.1, -0.05) is 55.4 Å². The minimum Gasteiger partial charge on any atom is -0.414 e. The number of hydrogen-bond donors (Lipinski definition) is 0. The van der Waals surface area contributed by atoms with Crippen molar-refractivity contribution in [3.63, 3.8) is 0 Å². The van der Waals surface area contributed by atoms with Crippen molar-refractivity contribution >= 4 is 16.6 Å². The molecule has 0 radical (unpaired) electrons. The van der Waals surface area contributed by atoms with Gasteiger partial charge in [0.1, 0.15) is 0 Å². The molecule has 0 aromatic carbocycles. The van der Waals surface area contributed by atoms with Crippen LogP contribution in [0.25, 0.3) is 0 Å². The Hall–Kier alpha value is 0.354. The summed E-state index contributed by atoms with van der Waals surface area (Å²) in [7, 11) is -3.05. The second-order valence-electron chi connectivity index (χ2n) is 14.7. The van der Waals surface area contributed by atoms with E-state index >= 15 is 0 Å². The summed E-state index contributed by atoms with van der Waals surface area (Å²) in [6, 6.07) is 7.74. The minimum atomic E-state index is -1.55. The van der Waals surface area contributed by atoms with Gasteiger partial charge in [-0.3, -0.25) is 0 Å². The molecule has 37 heavy (non-hydrogen) atoms. The van der Waals surface area contributed by atoms with Gasteiger partial charge in [0.2, 0.25) is 0 Å². The molecule has 0 saturated heterocycles. The Kier molecular flexibility index (Phi) is 9.58. The maximum Gasteiger partial charge on any atom is 0.192 e. The summed E-state index contributed by atoms with van der Waals surface area (Å²) >= 11 is 0. The lowest BCUT2D eigenvalue weighted by molar-refractivity contribution is -0.130. The average molecular weight is 549 g/mol. The fourth-order valence-electron chi connectivity index (χ4n) is 11.0. The average Bonchev–Trinajstić information content (AvgIpc) is 3.28. The molecule has 4 aliphatic rings.